The molecule has 0 radical (unpaired) electrons. The fourth-order valence-corrected chi connectivity index (χ4v) is 3.06. The second-order valence-corrected chi connectivity index (χ2v) is 6.09. The van der Waals surface area contributed by atoms with Crippen LogP contribution in [-0.4, -0.2) is 24.0 Å². The number of hydrogen-bond acceptors (Lipinski definition) is 4. The first kappa shape index (κ1) is 16.1. The largest absolute Gasteiger partial charge is 0.484 e. The Morgan fingerprint density at radius 3 is 2.65 bits per heavy atom. The van der Waals surface area contributed by atoms with E-state index in [0.717, 1.165) is 18.8 Å². The molecule has 130 valence electrons. The number of pyridine rings is 1. The van der Waals surface area contributed by atoms with E-state index in [-0.39, 0.29) is 12.5 Å². The summed E-state index contributed by atoms with van der Waals surface area (Å²) in [6.45, 7) is 0.883. The second kappa shape index (κ2) is 7.27. The lowest BCUT2D eigenvalue weighted by molar-refractivity contribution is -0.118. The maximum absolute atomic E-state index is 12.0. The Morgan fingerprint density at radius 2 is 1.85 bits per heavy atom. The average Bonchev–Trinajstić information content (AvgIpc) is 3.12. The van der Waals surface area contributed by atoms with E-state index in [2.05, 4.69) is 33.4 Å². The molecular weight excluding hydrogens is 326 g/mol. The van der Waals surface area contributed by atoms with Crippen molar-refractivity contribution in [1.29, 1.82) is 0 Å². The highest BCUT2D eigenvalue weighted by atomic mass is 16.5. The average molecular weight is 345 g/mol. The maximum atomic E-state index is 12.0. The number of rotatable bonds is 5. The summed E-state index contributed by atoms with van der Waals surface area (Å²) < 4.78 is 5.44. The molecule has 0 saturated carbocycles. The molecule has 0 bridgehead atoms. The van der Waals surface area contributed by atoms with Gasteiger partial charge in [-0.3, -0.25) is 4.79 Å². The fraction of sp³-hybridized carbons (Fsp3) is 0.143. The number of fused-ring (bicyclic) bond motifs is 1. The molecule has 3 aromatic rings. The molecule has 5 nitrogen and oxygen atoms in total. The number of benzene rings is 2. The minimum Gasteiger partial charge on any atom is -0.484 e. The molecule has 0 saturated heterocycles. The molecule has 2 aromatic carbocycles. The van der Waals surface area contributed by atoms with Gasteiger partial charge in [0.1, 0.15) is 11.6 Å². The van der Waals surface area contributed by atoms with Crippen LogP contribution in [0.3, 0.4) is 0 Å². The van der Waals surface area contributed by atoms with Crippen LogP contribution in [0.1, 0.15) is 5.56 Å². The van der Waals surface area contributed by atoms with Crippen LogP contribution in [0.2, 0.25) is 0 Å². The highest BCUT2D eigenvalue weighted by molar-refractivity contribution is 5.91. The van der Waals surface area contributed by atoms with Crippen molar-refractivity contribution in [3.63, 3.8) is 0 Å². The molecule has 1 N–H and O–H groups in total. The van der Waals surface area contributed by atoms with Crippen LogP contribution in [0.4, 0.5) is 17.2 Å². The molecule has 1 aliphatic heterocycles. The summed E-state index contributed by atoms with van der Waals surface area (Å²) >= 11 is 0. The van der Waals surface area contributed by atoms with Gasteiger partial charge in [0.25, 0.3) is 5.91 Å². The summed E-state index contributed by atoms with van der Waals surface area (Å²) in [5.41, 5.74) is 3.20. The number of hydrogen-bond donors (Lipinski definition) is 1. The summed E-state index contributed by atoms with van der Waals surface area (Å²) in [7, 11) is 0. The molecule has 1 amide bonds. The first-order chi connectivity index (χ1) is 12.8. The molecule has 1 aromatic heterocycles. The predicted molar refractivity (Wildman–Crippen MR) is 102 cm³/mol. The number of para-hydroxylation sites is 2. The van der Waals surface area contributed by atoms with E-state index in [1.165, 1.54) is 11.3 Å². The van der Waals surface area contributed by atoms with Crippen LogP contribution in [-0.2, 0) is 11.2 Å². The van der Waals surface area contributed by atoms with Crippen molar-refractivity contribution < 1.29 is 9.53 Å². The Bertz CT molecular complexity index is 895. The van der Waals surface area contributed by atoms with Crippen LogP contribution in [0.15, 0.2) is 72.9 Å². The zero-order chi connectivity index (χ0) is 17.8. The number of ether oxygens (including phenoxy) is 1. The van der Waals surface area contributed by atoms with Crippen LogP contribution in [0.25, 0.3) is 0 Å². The van der Waals surface area contributed by atoms with Crippen LogP contribution >= 0.6 is 0 Å². The Labute approximate surface area is 152 Å². The van der Waals surface area contributed by atoms with E-state index in [9.17, 15) is 4.79 Å². The fourth-order valence-electron chi connectivity index (χ4n) is 3.06. The van der Waals surface area contributed by atoms with E-state index >= 15 is 0 Å². The standard InChI is InChI=1S/C21H19N3O2/c25-21(15-26-18-7-2-1-3-8-18)23-17-10-11-20(22-14-17)24-13-12-16-6-4-5-9-19(16)24/h1-11,14H,12-13,15H2,(H,23,25). The van der Waals surface area contributed by atoms with Crippen molar-refractivity contribution in [2.24, 2.45) is 0 Å². The van der Waals surface area contributed by atoms with Crippen molar-refractivity contribution in [3.05, 3.63) is 78.5 Å². The van der Waals surface area contributed by atoms with Crippen molar-refractivity contribution in [3.8, 4) is 5.75 Å². The van der Waals surface area contributed by atoms with Crippen molar-refractivity contribution in [2.45, 2.75) is 6.42 Å². The highest BCUT2D eigenvalue weighted by Gasteiger charge is 2.20. The number of amides is 1. The third kappa shape index (κ3) is 3.52. The van der Waals surface area contributed by atoms with Crippen LogP contribution < -0.4 is 15.0 Å². The number of nitrogens with one attached hydrogen (secondary N) is 1. The van der Waals surface area contributed by atoms with Crippen molar-refractivity contribution in [1.82, 2.24) is 4.98 Å². The van der Waals surface area contributed by atoms with Crippen molar-refractivity contribution >= 4 is 23.1 Å². The summed E-state index contributed by atoms with van der Waals surface area (Å²) in [5, 5.41) is 2.80. The van der Waals surface area contributed by atoms with Gasteiger partial charge in [-0.05, 0) is 42.3 Å². The third-order valence-electron chi connectivity index (χ3n) is 4.31. The van der Waals surface area contributed by atoms with E-state index < -0.39 is 0 Å². The predicted octanol–water partition coefficient (Wildman–Crippen LogP) is 3.79. The van der Waals surface area contributed by atoms with E-state index in [1.807, 2.05) is 48.5 Å². The molecule has 26 heavy (non-hydrogen) atoms. The quantitative estimate of drug-likeness (QED) is 0.764. The van der Waals surface area contributed by atoms with Gasteiger partial charge in [0.15, 0.2) is 6.61 Å². The summed E-state index contributed by atoms with van der Waals surface area (Å²) in [6, 6.07) is 21.4. The minimum absolute atomic E-state index is 0.0364. The van der Waals surface area contributed by atoms with Gasteiger partial charge in [-0.1, -0.05) is 36.4 Å². The van der Waals surface area contributed by atoms with Gasteiger partial charge in [-0.15, -0.1) is 0 Å². The lowest BCUT2D eigenvalue weighted by Crippen LogP contribution is -2.20. The van der Waals surface area contributed by atoms with Gasteiger partial charge in [0.2, 0.25) is 0 Å². The zero-order valence-corrected chi connectivity index (χ0v) is 14.3. The topological polar surface area (TPSA) is 54.5 Å². The Kier molecular flexibility index (Phi) is 4.51. The third-order valence-corrected chi connectivity index (χ3v) is 4.31. The maximum Gasteiger partial charge on any atom is 0.262 e. The molecule has 0 spiro atoms. The molecule has 0 aliphatic carbocycles. The zero-order valence-electron chi connectivity index (χ0n) is 14.3. The van der Waals surface area contributed by atoms with Gasteiger partial charge in [0.05, 0.1) is 11.9 Å². The summed E-state index contributed by atoms with van der Waals surface area (Å²) in [5.74, 6) is 1.34. The summed E-state index contributed by atoms with van der Waals surface area (Å²) in [6.07, 6.45) is 2.70. The molecule has 0 atom stereocenters. The van der Waals surface area contributed by atoms with Crippen LogP contribution in [0, 0.1) is 0 Å². The van der Waals surface area contributed by atoms with E-state index in [4.69, 9.17) is 4.74 Å². The monoisotopic (exact) mass is 345 g/mol. The molecular formula is C21H19N3O2. The number of anilines is 3. The molecule has 0 fully saturated rings. The minimum atomic E-state index is -0.213. The smallest absolute Gasteiger partial charge is 0.262 e. The molecule has 1 aliphatic rings. The van der Waals surface area contributed by atoms with Gasteiger partial charge < -0.3 is 15.0 Å². The Balaban J connectivity index is 1.37. The molecule has 4 rings (SSSR count). The molecule has 5 heteroatoms. The SMILES string of the molecule is O=C(COc1ccccc1)Nc1ccc(N2CCc3ccccc32)nc1. The molecule has 0 unspecified atom stereocenters. The Morgan fingerprint density at radius 1 is 1.04 bits per heavy atom. The van der Waals surface area contributed by atoms with Gasteiger partial charge in [0, 0.05) is 12.2 Å². The van der Waals surface area contributed by atoms with Crippen LogP contribution in [0.5, 0.6) is 5.75 Å². The first-order valence-electron chi connectivity index (χ1n) is 8.59. The van der Waals surface area contributed by atoms with Crippen molar-refractivity contribution in [2.75, 3.05) is 23.4 Å². The number of aromatic nitrogens is 1. The lowest BCUT2D eigenvalue weighted by atomic mass is 10.2. The van der Waals surface area contributed by atoms with E-state index in [1.54, 1.807) is 6.20 Å². The lowest BCUT2D eigenvalue weighted by Gasteiger charge is -2.18. The van der Waals surface area contributed by atoms with Gasteiger partial charge in [-0.25, -0.2) is 4.98 Å². The van der Waals surface area contributed by atoms with E-state index in [0.29, 0.717) is 11.4 Å². The van der Waals surface area contributed by atoms with Gasteiger partial charge >= 0.3 is 0 Å². The number of nitrogens with zero attached hydrogens (tertiary/aromatic N) is 2. The second-order valence-electron chi connectivity index (χ2n) is 6.09. The molecule has 2 heterocycles. The summed E-state index contributed by atoms with van der Waals surface area (Å²) in [4.78, 5) is 18.7. The Hall–Kier alpha value is -3.34. The number of carbonyl (C=O) groups excluding carboxylic acids is 1. The normalized spacial score (nSPS) is 12.5. The first-order valence-corrected chi connectivity index (χ1v) is 8.59. The highest BCUT2D eigenvalue weighted by Crippen LogP contribution is 2.33. The van der Waals surface area contributed by atoms with Gasteiger partial charge in [-0.2, -0.15) is 0 Å². The number of carbonyl (C=O) groups is 1.